The Labute approximate surface area is 417 Å². The molecule has 71 heavy (non-hydrogen) atoms. The van der Waals surface area contributed by atoms with Crippen LogP contribution in [0.1, 0.15) is 22.3 Å². The van der Waals surface area contributed by atoms with Gasteiger partial charge in [0.25, 0.3) is 0 Å². The van der Waals surface area contributed by atoms with E-state index in [0.717, 1.165) is 17.1 Å². The Morgan fingerprint density at radius 1 is 0.254 bits per heavy atom. The van der Waals surface area contributed by atoms with Crippen LogP contribution < -0.4 is 4.90 Å². The van der Waals surface area contributed by atoms with Gasteiger partial charge in [-0.2, -0.15) is 0 Å². The third-order valence-electron chi connectivity index (χ3n) is 14.6. The van der Waals surface area contributed by atoms with Crippen molar-refractivity contribution in [2.45, 2.75) is 25.0 Å². The van der Waals surface area contributed by atoms with Crippen LogP contribution in [-0.4, -0.2) is 0 Å². The lowest BCUT2D eigenvalue weighted by Crippen LogP contribution is -2.29. The van der Waals surface area contributed by atoms with E-state index in [4.69, 9.17) is 0 Å². The Kier molecular flexibility index (Phi) is 10.6. The monoisotopic (exact) mass is 923 g/mol. The van der Waals surface area contributed by atoms with Crippen LogP contribution in [0.3, 0.4) is 0 Å². The van der Waals surface area contributed by atoms with Crippen molar-refractivity contribution in [3.63, 3.8) is 0 Å². The van der Waals surface area contributed by atoms with E-state index in [-0.39, 0.29) is 0 Å². The third kappa shape index (κ3) is 6.86. The molecule has 0 atom stereocenters. The van der Waals surface area contributed by atoms with Gasteiger partial charge >= 0.3 is 0 Å². The van der Waals surface area contributed by atoms with Crippen LogP contribution in [0.5, 0.6) is 0 Å². The molecule has 0 N–H and O–H groups in total. The molecule has 0 spiro atoms. The second kappa shape index (κ2) is 17.7. The van der Waals surface area contributed by atoms with E-state index in [1.807, 2.05) is 0 Å². The molecule has 0 saturated heterocycles. The van der Waals surface area contributed by atoms with Crippen LogP contribution in [0.15, 0.2) is 317 Å². The van der Waals surface area contributed by atoms with Gasteiger partial charge in [0.2, 0.25) is 0 Å². The zero-order valence-electron chi connectivity index (χ0n) is 39.1. The Balaban J connectivity index is 0.959. The highest BCUT2D eigenvalue weighted by Gasteiger charge is 2.48. The molecule has 336 valence electrons. The lowest BCUT2D eigenvalue weighted by molar-refractivity contribution is 0.784. The summed E-state index contributed by atoms with van der Waals surface area (Å²) in [7, 11) is -1.78. The Morgan fingerprint density at radius 3 is 1.18 bits per heavy atom. The molecule has 0 aromatic heterocycles. The van der Waals surface area contributed by atoms with Gasteiger partial charge in [0.05, 0.1) is 5.41 Å². The van der Waals surface area contributed by atoms with Crippen molar-refractivity contribution in [1.29, 1.82) is 0 Å². The Hall–Kier alpha value is -8.69. The van der Waals surface area contributed by atoms with Gasteiger partial charge in [0.15, 0.2) is 0 Å². The number of hydrogen-bond donors (Lipinski definition) is 0. The van der Waals surface area contributed by atoms with Gasteiger partial charge in [-0.1, -0.05) is 212 Å². The first kappa shape index (κ1) is 42.4. The molecule has 2 heteroatoms. The summed E-state index contributed by atoms with van der Waals surface area (Å²) in [6.45, 7) is 0. The average molecular weight is 924 g/mol. The van der Waals surface area contributed by atoms with E-state index in [1.54, 1.807) is 0 Å². The predicted octanol–water partition coefficient (Wildman–Crippen LogP) is 18.8. The topological polar surface area (TPSA) is 3.24 Å². The van der Waals surface area contributed by atoms with Gasteiger partial charge in [0.1, 0.15) is 0 Å². The zero-order valence-corrected chi connectivity index (χ0v) is 40.0. The molecule has 0 unspecified atom stereocenters. The molecule has 0 heterocycles. The number of fused-ring (bicyclic) bond motifs is 5. The third-order valence-corrected chi connectivity index (χ3v) is 18.6. The van der Waals surface area contributed by atoms with Crippen LogP contribution >= 0.6 is 10.0 Å². The van der Waals surface area contributed by atoms with Crippen molar-refractivity contribution in [2.75, 3.05) is 4.90 Å². The molecular formula is C69H49NS. The maximum absolute atomic E-state index is 2.49. The first-order chi connectivity index (χ1) is 35.2. The van der Waals surface area contributed by atoms with Gasteiger partial charge in [-0.05, 0) is 151 Å². The zero-order chi connectivity index (χ0) is 47.2. The number of nitrogens with zero attached hydrogens (tertiary/aromatic N) is 1. The fourth-order valence-corrected chi connectivity index (χ4v) is 15.5. The Bertz CT molecular complexity index is 3660. The van der Waals surface area contributed by atoms with Crippen LogP contribution in [-0.2, 0) is 5.41 Å². The predicted molar refractivity (Wildman–Crippen MR) is 299 cm³/mol. The molecule has 0 aliphatic heterocycles. The van der Waals surface area contributed by atoms with Crippen molar-refractivity contribution < 1.29 is 0 Å². The quantitative estimate of drug-likeness (QED) is 0.132. The summed E-state index contributed by atoms with van der Waals surface area (Å²) < 4.78 is 0. The summed E-state index contributed by atoms with van der Waals surface area (Å²) >= 11 is 0. The van der Waals surface area contributed by atoms with Gasteiger partial charge in [-0.25, -0.2) is 0 Å². The highest BCUT2D eigenvalue weighted by Crippen LogP contribution is 2.73. The average Bonchev–Trinajstić information content (AvgIpc) is 3.75. The molecule has 0 fully saturated rings. The SMILES string of the molecule is c1ccc(N(c2ccc(-c3ccc(S(c4ccccc4)(c4ccccc4)c4ccccc4)cc3)cc2)c2ccc3c(c2)C(c2cccc4ccccc24)(c2cccc4ccccc24)c2ccccc2-3)cc1. The molecule has 12 aromatic rings. The number of rotatable bonds is 10. The fourth-order valence-electron chi connectivity index (χ4n) is 11.6. The summed E-state index contributed by atoms with van der Waals surface area (Å²) in [5.41, 5.74) is 12.7. The van der Waals surface area contributed by atoms with Gasteiger partial charge < -0.3 is 4.90 Å². The van der Waals surface area contributed by atoms with Crippen molar-refractivity contribution >= 4 is 48.6 Å². The minimum Gasteiger partial charge on any atom is -0.310 e. The van der Waals surface area contributed by atoms with E-state index >= 15 is 0 Å². The maximum atomic E-state index is 2.49. The second-order valence-electron chi connectivity index (χ2n) is 18.4. The van der Waals surface area contributed by atoms with E-state index in [0.29, 0.717) is 0 Å². The molecular weight excluding hydrogens is 875 g/mol. The molecule has 0 saturated carbocycles. The smallest absolute Gasteiger partial charge is 0.0726 e. The first-order valence-corrected chi connectivity index (χ1v) is 26.1. The molecule has 0 bridgehead atoms. The van der Waals surface area contributed by atoms with Crippen LogP contribution in [0.4, 0.5) is 17.1 Å². The summed E-state index contributed by atoms with van der Waals surface area (Å²) in [5.74, 6) is 0. The lowest BCUT2D eigenvalue weighted by Gasteiger charge is -2.42. The number of para-hydroxylation sites is 1. The van der Waals surface area contributed by atoms with Gasteiger partial charge in [-0.3, -0.25) is 0 Å². The molecule has 13 rings (SSSR count). The van der Waals surface area contributed by atoms with Crippen LogP contribution in [0.25, 0.3) is 43.8 Å². The van der Waals surface area contributed by atoms with E-state index in [9.17, 15) is 0 Å². The van der Waals surface area contributed by atoms with Crippen LogP contribution in [0, 0.1) is 0 Å². The molecule has 1 nitrogen and oxygen atoms in total. The largest absolute Gasteiger partial charge is 0.310 e. The highest BCUT2D eigenvalue weighted by atomic mass is 32.3. The molecule has 1 aliphatic carbocycles. The summed E-state index contributed by atoms with van der Waals surface area (Å²) in [4.78, 5) is 7.68. The molecule has 1 aliphatic rings. The maximum Gasteiger partial charge on any atom is 0.0726 e. The van der Waals surface area contributed by atoms with E-state index in [1.165, 1.54) is 85.6 Å². The first-order valence-electron chi connectivity index (χ1n) is 24.5. The molecule has 0 radical (unpaired) electrons. The van der Waals surface area contributed by atoms with E-state index < -0.39 is 15.4 Å². The summed E-state index contributed by atoms with van der Waals surface area (Å²) in [5, 5.41) is 4.98. The fraction of sp³-hybridized carbons (Fsp3) is 0.0145. The normalized spacial score (nSPS) is 12.8. The van der Waals surface area contributed by atoms with Crippen molar-refractivity contribution in [3.8, 4) is 22.3 Å². The van der Waals surface area contributed by atoms with Crippen molar-refractivity contribution in [3.05, 3.63) is 320 Å². The standard InChI is InChI=1S/C69H49NS/c1-5-25-54(26-6-1)70(55-43-39-50(40-44-55)51-41-46-60(47-42-51)71(57-27-7-2-8-28-57,58-29-9-3-10-30-58)59-31-11-4-12-32-59)56-45-48-64-63-35-17-18-36-67(63)69(68(64)49-56,65-37-19-23-52-21-13-15-33-61(52)65)66-38-20-24-53-22-14-16-34-62(53)66/h1-49H. The van der Waals surface area contributed by atoms with Gasteiger partial charge in [-0.15, -0.1) is 10.0 Å². The van der Waals surface area contributed by atoms with Crippen molar-refractivity contribution in [2.24, 2.45) is 0 Å². The lowest BCUT2D eigenvalue weighted by atomic mass is 9.65. The van der Waals surface area contributed by atoms with E-state index in [2.05, 4.69) is 302 Å². The number of hydrogen-bond acceptors (Lipinski definition) is 1. The molecule has 12 aromatic carbocycles. The minimum atomic E-state index is -1.78. The van der Waals surface area contributed by atoms with Gasteiger partial charge in [0, 0.05) is 36.6 Å². The van der Waals surface area contributed by atoms with Crippen molar-refractivity contribution in [1.82, 2.24) is 0 Å². The number of anilines is 3. The number of benzene rings is 12. The molecule has 0 amide bonds. The second-order valence-corrected chi connectivity index (χ2v) is 21.5. The van der Waals surface area contributed by atoms with Crippen LogP contribution in [0.2, 0.25) is 0 Å². The summed E-state index contributed by atoms with van der Waals surface area (Å²) in [6.07, 6.45) is 0. The minimum absolute atomic E-state index is 0.622. The summed E-state index contributed by atoms with van der Waals surface area (Å²) in [6, 6.07) is 110. The Morgan fingerprint density at radius 2 is 0.634 bits per heavy atom. The highest BCUT2D eigenvalue weighted by molar-refractivity contribution is 8.34.